The molecule has 0 unspecified atom stereocenters. The van der Waals surface area contributed by atoms with Gasteiger partial charge in [0.1, 0.15) is 11.6 Å². The summed E-state index contributed by atoms with van der Waals surface area (Å²) in [7, 11) is 0. The monoisotopic (exact) mass is 248 g/mol. The average Bonchev–Trinajstić information content (AvgIpc) is 2.39. The second-order valence-corrected chi connectivity index (χ2v) is 5.06. The number of rotatable bonds is 4. The lowest BCUT2D eigenvalue weighted by atomic mass is 10.1. The molecule has 18 heavy (non-hydrogen) atoms. The van der Waals surface area contributed by atoms with Crippen molar-refractivity contribution < 1.29 is 0 Å². The van der Waals surface area contributed by atoms with Gasteiger partial charge in [-0.05, 0) is 19.3 Å². The number of hydrogen-bond donors (Lipinski definition) is 1. The minimum absolute atomic E-state index is 0.365. The fourth-order valence-electron chi connectivity index (χ4n) is 2.37. The quantitative estimate of drug-likeness (QED) is 0.884. The van der Waals surface area contributed by atoms with Crippen LogP contribution in [-0.4, -0.2) is 29.1 Å². The summed E-state index contributed by atoms with van der Waals surface area (Å²) in [4.78, 5) is 11.6. The molecule has 0 atom stereocenters. The van der Waals surface area contributed by atoms with Gasteiger partial charge in [0.25, 0.3) is 0 Å². The molecular weight excluding hydrogens is 224 g/mol. The van der Waals surface area contributed by atoms with Gasteiger partial charge >= 0.3 is 0 Å². The van der Waals surface area contributed by atoms with Crippen LogP contribution in [0, 0.1) is 0 Å². The largest absolute Gasteiger partial charge is 0.356 e. The predicted octanol–water partition coefficient (Wildman–Crippen LogP) is 1.92. The van der Waals surface area contributed by atoms with E-state index in [9.17, 15) is 0 Å². The fraction of sp³-hybridized carbons (Fsp3) is 0.714. The Morgan fingerprint density at radius 2 is 2.00 bits per heavy atom. The molecule has 0 aliphatic carbocycles. The summed E-state index contributed by atoms with van der Waals surface area (Å²) in [6.07, 6.45) is 5.20. The van der Waals surface area contributed by atoms with Crippen LogP contribution in [0.3, 0.4) is 0 Å². The topological polar surface area (TPSA) is 55.0 Å². The minimum atomic E-state index is 0.365. The molecule has 100 valence electrons. The van der Waals surface area contributed by atoms with Gasteiger partial charge in [-0.15, -0.1) is 0 Å². The molecule has 1 aromatic heterocycles. The highest BCUT2D eigenvalue weighted by atomic mass is 15.2. The first-order valence-corrected chi connectivity index (χ1v) is 7.10. The third-order valence-corrected chi connectivity index (χ3v) is 3.50. The van der Waals surface area contributed by atoms with Crippen LogP contribution >= 0.6 is 0 Å². The normalized spacial score (nSPS) is 17.2. The van der Waals surface area contributed by atoms with Crippen molar-refractivity contribution in [1.82, 2.24) is 9.97 Å². The smallest absolute Gasteiger partial charge is 0.132 e. The first-order valence-electron chi connectivity index (χ1n) is 7.10. The minimum Gasteiger partial charge on any atom is -0.356 e. The van der Waals surface area contributed by atoms with E-state index in [1.165, 1.54) is 5.69 Å². The van der Waals surface area contributed by atoms with Crippen LogP contribution in [0.15, 0.2) is 6.07 Å². The summed E-state index contributed by atoms with van der Waals surface area (Å²) in [6.45, 7) is 6.34. The Balaban J connectivity index is 2.17. The fourth-order valence-corrected chi connectivity index (χ4v) is 2.37. The Morgan fingerprint density at radius 1 is 1.28 bits per heavy atom. The number of nitrogens with two attached hydrogens (primary N) is 1. The van der Waals surface area contributed by atoms with Gasteiger partial charge in [0.2, 0.25) is 0 Å². The second-order valence-electron chi connectivity index (χ2n) is 5.06. The molecule has 0 radical (unpaired) electrons. The SMILES string of the molecule is CCCc1cc(N2CCC(N)CC2)nc(CC)n1. The molecular formula is C14H24N4. The maximum Gasteiger partial charge on any atom is 0.132 e. The Bertz CT molecular complexity index is 383. The highest BCUT2D eigenvalue weighted by Gasteiger charge is 2.18. The van der Waals surface area contributed by atoms with Crippen molar-refractivity contribution in [2.45, 2.75) is 52.0 Å². The summed E-state index contributed by atoms with van der Waals surface area (Å²) < 4.78 is 0. The van der Waals surface area contributed by atoms with Gasteiger partial charge in [-0.1, -0.05) is 20.3 Å². The van der Waals surface area contributed by atoms with E-state index in [2.05, 4.69) is 34.8 Å². The Kier molecular flexibility index (Phi) is 4.53. The molecule has 1 saturated heterocycles. The van der Waals surface area contributed by atoms with E-state index >= 15 is 0 Å². The molecule has 0 saturated carbocycles. The molecule has 0 aromatic carbocycles. The molecule has 2 N–H and O–H groups in total. The first kappa shape index (κ1) is 13.3. The molecule has 1 aromatic rings. The van der Waals surface area contributed by atoms with Gasteiger partial charge in [-0.3, -0.25) is 0 Å². The number of aryl methyl sites for hydroxylation is 2. The Labute approximate surface area is 110 Å². The van der Waals surface area contributed by atoms with Gasteiger partial charge in [-0.25, -0.2) is 9.97 Å². The van der Waals surface area contributed by atoms with Crippen LogP contribution in [0.2, 0.25) is 0 Å². The Morgan fingerprint density at radius 3 is 2.61 bits per heavy atom. The third kappa shape index (κ3) is 3.19. The standard InChI is InChI=1S/C14H24N4/c1-3-5-12-10-14(17-13(4-2)16-12)18-8-6-11(15)7-9-18/h10-11H,3-9,15H2,1-2H3. The third-order valence-electron chi connectivity index (χ3n) is 3.50. The summed E-state index contributed by atoms with van der Waals surface area (Å²) in [5.41, 5.74) is 7.12. The van der Waals surface area contributed by atoms with E-state index in [-0.39, 0.29) is 0 Å². The van der Waals surface area contributed by atoms with Crippen molar-refractivity contribution in [3.8, 4) is 0 Å². The molecule has 0 spiro atoms. The maximum absolute atomic E-state index is 5.95. The number of hydrogen-bond acceptors (Lipinski definition) is 4. The predicted molar refractivity (Wildman–Crippen MR) is 74.8 cm³/mol. The first-order chi connectivity index (χ1) is 8.72. The van der Waals surface area contributed by atoms with Crippen LogP contribution in [0.1, 0.15) is 44.6 Å². The zero-order valence-electron chi connectivity index (χ0n) is 11.5. The molecule has 1 aliphatic rings. The highest BCUT2D eigenvalue weighted by Crippen LogP contribution is 2.19. The second kappa shape index (κ2) is 6.14. The van der Waals surface area contributed by atoms with Gasteiger partial charge in [0.05, 0.1) is 0 Å². The van der Waals surface area contributed by atoms with Crippen molar-refractivity contribution in [3.05, 3.63) is 17.6 Å². The van der Waals surface area contributed by atoms with Crippen LogP contribution in [0.5, 0.6) is 0 Å². The Hall–Kier alpha value is -1.16. The summed E-state index contributed by atoms with van der Waals surface area (Å²) in [5.74, 6) is 2.06. The average molecular weight is 248 g/mol. The molecule has 2 heterocycles. The maximum atomic E-state index is 5.95. The molecule has 0 bridgehead atoms. The van der Waals surface area contributed by atoms with E-state index in [1.54, 1.807) is 0 Å². The molecule has 1 aliphatic heterocycles. The van der Waals surface area contributed by atoms with Gasteiger partial charge in [-0.2, -0.15) is 0 Å². The van der Waals surface area contributed by atoms with Gasteiger partial charge in [0.15, 0.2) is 0 Å². The van der Waals surface area contributed by atoms with E-state index in [1.807, 2.05) is 0 Å². The zero-order chi connectivity index (χ0) is 13.0. The van der Waals surface area contributed by atoms with Gasteiger partial charge in [0, 0.05) is 37.3 Å². The summed E-state index contributed by atoms with van der Waals surface area (Å²) in [6, 6.07) is 2.52. The van der Waals surface area contributed by atoms with E-state index < -0.39 is 0 Å². The summed E-state index contributed by atoms with van der Waals surface area (Å²) >= 11 is 0. The molecule has 1 fully saturated rings. The van der Waals surface area contributed by atoms with Crippen molar-refractivity contribution in [2.75, 3.05) is 18.0 Å². The van der Waals surface area contributed by atoms with Crippen molar-refractivity contribution in [1.29, 1.82) is 0 Å². The molecule has 4 heteroatoms. The molecule has 0 amide bonds. The van der Waals surface area contributed by atoms with E-state index in [0.717, 1.165) is 56.8 Å². The lowest BCUT2D eigenvalue weighted by molar-refractivity contribution is 0.498. The van der Waals surface area contributed by atoms with E-state index in [0.29, 0.717) is 6.04 Å². The van der Waals surface area contributed by atoms with Crippen molar-refractivity contribution in [2.24, 2.45) is 5.73 Å². The van der Waals surface area contributed by atoms with Crippen LogP contribution in [0.4, 0.5) is 5.82 Å². The number of nitrogens with zero attached hydrogens (tertiary/aromatic N) is 3. The van der Waals surface area contributed by atoms with Crippen molar-refractivity contribution >= 4 is 5.82 Å². The number of piperidine rings is 1. The van der Waals surface area contributed by atoms with Gasteiger partial charge < -0.3 is 10.6 Å². The van der Waals surface area contributed by atoms with Crippen molar-refractivity contribution in [3.63, 3.8) is 0 Å². The summed E-state index contributed by atoms with van der Waals surface area (Å²) in [5, 5.41) is 0. The number of aromatic nitrogens is 2. The molecule has 2 rings (SSSR count). The number of anilines is 1. The van der Waals surface area contributed by atoms with Crippen LogP contribution in [-0.2, 0) is 12.8 Å². The van der Waals surface area contributed by atoms with E-state index in [4.69, 9.17) is 5.73 Å². The zero-order valence-corrected chi connectivity index (χ0v) is 11.5. The van der Waals surface area contributed by atoms with Crippen LogP contribution < -0.4 is 10.6 Å². The highest BCUT2D eigenvalue weighted by molar-refractivity contribution is 5.40. The lowest BCUT2D eigenvalue weighted by Gasteiger charge is -2.31. The lowest BCUT2D eigenvalue weighted by Crippen LogP contribution is -2.40. The molecule has 4 nitrogen and oxygen atoms in total. The van der Waals surface area contributed by atoms with Crippen LogP contribution in [0.25, 0.3) is 0 Å².